The van der Waals surface area contributed by atoms with E-state index in [2.05, 4.69) is 37.4 Å². The molecule has 0 radical (unpaired) electrons. The maximum atomic E-state index is 11.1. The fraction of sp³-hybridized carbons (Fsp3) is 0.533. The zero-order chi connectivity index (χ0) is 13.7. The number of aryl methyl sites for hydroxylation is 2. The Bertz CT molecular complexity index is 413. The molecule has 0 spiro atoms. The average Bonchev–Trinajstić information content (AvgIpc) is 2.25. The molecular formula is C15H23NO2. The van der Waals surface area contributed by atoms with Gasteiger partial charge in [0.15, 0.2) is 0 Å². The highest BCUT2D eigenvalue weighted by atomic mass is 16.4. The van der Waals surface area contributed by atoms with Crippen LogP contribution in [0.4, 0.5) is 0 Å². The van der Waals surface area contributed by atoms with Crippen LogP contribution in [0.15, 0.2) is 18.2 Å². The molecule has 0 unspecified atom stereocenters. The maximum Gasteiger partial charge on any atom is 0.320 e. The second-order valence-electron chi connectivity index (χ2n) is 5.33. The van der Waals surface area contributed by atoms with Crippen molar-refractivity contribution < 1.29 is 9.90 Å². The van der Waals surface area contributed by atoms with E-state index < -0.39 is 12.0 Å². The van der Waals surface area contributed by atoms with E-state index in [9.17, 15) is 4.79 Å². The van der Waals surface area contributed by atoms with Gasteiger partial charge in [-0.3, -0.25) is 4.79 Å². The first kappa shape index (κ1) is 14.7. The van der Waals surface area contributed by atoms with E-state index >= 15 is 0 Å². The van der Waals surface area contributed by atoms with Gasteiger partial charge in [-0.05, 0) is 37.3 Å². The lowest BCUT2D eigenvalue weighted by Gasteiger charge is -2.17. The van der Waals surface area contributed by atoms with Crippen molar-refractivity contribution in [2.45, 2.75) is 46.7 Å². The van der Waals surface area contributed by atoms with Gasteiger partial charge in [-0.15, -0.1) is 0 Å². The Hall–Kier alpha value is -1.35. The highest BCUT2D eigenvalue weighted by molar-refractivity contribution is 5.73. The Morgan fingerprint density at radius 2 is 2.00 bits per heavy atom. The van der Waals surface area contributed by atoms with Crippen LogP contribution in [0.3, 0.4) is 0 Å². The third kappa shape index (κ3) is 4.49. The summed E-state index contributed by atoms with van der Waals surface area (Å²) < 4.78 is 0. The van der Waals surface area contributed by atoms with E-state index in [1.165, 1.54) is 11.1 Å². The van der Waals surface area contributed by atoms with Gasteiger partial charge >= 0.3 is 5.97 Å². The van der Waals surface area contributed by atoms with Crippen LogP contribution in [0.1, 0.15) is 37.0 Å². The molecule has 1 rings (SSSR count). The minimum absolute atomic E-state index is 0.373. The first-order valence-electron chi connectivity index (χ1n) is 6.42. The summed E-state index contributed by atoms with van der Waals surface area (Å²) in [6.07, 6.45) is 0.653. The summed E-state index contributed by atoms with van der Waals surface area (Å²) >= 11 is 0. The van der Waals surface area contributed by atoms with Crippen LogP contribution in [-0.2, 0) is 11.3 Å². The molecule has 0 saturated heterocycles. The molecule has 1 aromatic carbocycles. The fourth-order valence-corrected chi connectivity index (χ4v) is 2.02. The molecule has 0 fully saturated rings. The highest BCUT2D eigenvalue weighted by Gasteiger charge is 2.18. The van der Waals surface area contributed by atoms with E-state index in [4.69, 9.17) is 5.11 Å². The number of benzene rings is 1. The number of aliphatic carboxylic acids is 1. The van der Waals surface area contributed by atoms with E-state index in [1.807, 2.05) is 13.8 Å². The Balaban J connectivity index is 2.64. The van der Waals surface area contributed by atoms with Crippen LogP contribution >= 0.6 is 0 Å². The highest BCUT2D eigenvalue weighted by Crippen LogP contribution is 2.12. The van der Waals surface area contributed by atoms with Crippen molar-refractivity contribution in [3.05, 3.63) is 34.9 Å². The summed E-state index contributed by atoms with van der Waals surface area (Å²) in [6.45, 7) is 8.80. The van der Waals surface area contributed by atoms with Crippen molar-refractivity contribution in [1.82, 2.24) is 5.32 Å². The molecule has 100 valence electrons. The maximum absolute atomic E-state index is 11.1. The van der Waals surface area contributed by atoms with Crippen molar-refractivity contribution in [3.63, 3.8) is 0 Å². The SMILES string of the molecule is Cc1ccc(CN[C@H](CC(C)C)C(=O)O)c(C)c1. The van der Waals surface area contributed by atoms with Gasteiger partial charge < -0.3 is 10.4 Å². The number of carbonyl (C=O) groups is 1. The van der Waals surface area contributed by atoms with Crippen molar-refractivity contribution >= 4 is 5.97 Å². The van der Waals surface area contributed by atoms with E-state index in [0.29, 0.717) is 18.9 Å². The zero-order valence-electron chi connectivity index (χ0n) is 11.7. The molecule has 3 heteroatoms. The van der Waals surface area contributed by atoms with Crippen LogP contribution in [0.2, 0.25) is 0 Å². The average molecular weight is 249 g/mol. The minimum Gasteiger partial charge on any atom is -0.480 e. The molecule has 0 bridgehead atoms. The largest absolute Gasteiger partial charge is 0.480 e. The smallest absolute Gasteiger partial charge is 0.320 e. The summed E-state index contributed by atoms with van der Waals surface area (Å²) in [5.41, 5.74) is 3.60. The number of carboxylic acid groups (broad SMARTS) is 1. The Morgan fingerprint density at radius 1 is 1.33 bits per heavy atom. The summed E-state index contributed by atoms with van der Waals surface area (Å²) in [4.78, 5) is 11.1. The Labute approximate surface area is 109 Å². The van der Waals surface area contributed by atoms with Crippen LogP contribution in [0, 0.1) is 19.8 Å². The van der Waals surface area contributed by atoms with E-state index in [-0.39, 0.29) is 0 Å². The molecule has 0 amide bonds. The van der Waals surface area contributed by atoms with Crippen molar-refractivity contribution in [2.75, 3.05) is 0 Å². The molecule has 0 aliphatic heterocycles. The molecule has 0 aliphatic rings. The summed E-state index contributed by atoms with van der Waals surface area (Å²) in [5, 5.41) is 12.3. The number of nitrogens with one attached hydrogen (secondary N) is 1. The van der Waals surface area contributed by atoms with E-state index in [1.54, 1.807) is 0 Å². The number of carboxylic acids is 1. The molecule has 0 heterocycles. The van der Waals surface area contributed by atoms with Crippen LogP contribution in [-0.4, -0.2) is 17.1 Å². The number of hydrogen-bond acceptors (Lipinski definition) is 2. The molecule has 0 saturated carbocycles. The fourth-order valence-electron chi connectivity index (χ4n) is 2.02. The zero-order valence-corrected chi connectivity index (χ0v) is 11.7. The first-order valence-corrected chi connectivity index (χ1v) is 6.42. The van der Waals surface area contributed by atoms with Crippen LogP contribution < -0.4 is 5.32 Å². The Morgan fingerprint density at radius 3 is 2.50 bits per heavy atom. The number of rotatable bonds is 6. The normalized spacial score (nSPS) is 12.7. The lowest BCUT2D eigenvalue weighted by atomic mass is 10.0. The van der Waals surface area contributed by atoms with Crippen LogP contribution in [0.5, 0.6) is 0 Å². The molecule has 1 aromatic rings. The molecule has 0 aliphatic carbocycles. The monoisotopic (exact) mass is 249 g/mol. The first-order chi connectivity index (χ1) is 8.40. The van der Waals surface area contributed by atoms with Gasteiger partial charge in [0.2, 0.25) is 0 Å². The molecule has 1 atom stereocenters. The third-order valence-electron chi connectivity index (χ3n) is 3.04. The van der Waals surface area contributed by atoms with Crippen molar-refractivity contribution in [3.8, 4) is 0 Å². The summed E-state index contributed by atoms with van der Waals surface area (Å²) in [5.74, 6) is -0.397. The van der Waals surface area contributed by atoms with Crippen molar-refractivity contribution in [1.29, 1.82) is 0 Å². The Kier molecular flexibility index (Phi) is 5.35. The summed E-state index contributed by atoms with van der Waals surface area (Å²) in [6, 6.07) is 5.77. The molecular weight excluding hydrogens is 226 g/mol. The van der Waals surface area contributed by atoms with Crippen molar-refractivity contribution in [2.24, 2.45) is 5.92 Å². The van der Waals surface area contributed by atoms with Gasteiger partial charge in [0.25, 0.3) is 0 Å². The van der Waals surface area contributed by atoms with Gasteiger partial charge in [0.1, 0.15) is 6.04 Å². The third-order valence-corrected chi connectivity index (χ3v) is 3.04. The quantitative estimate of drug-likeness (QED) is 0.815. The second kappa shape index (κ2) is 6.55. The van der Waals surface area contributed by atoms with Gasteiger partial charge in [-0.1, -0.05) is 37.6 Å². The minimum atomic E-state index is -0.770. The van der Waals surface area contributed by atoms with Gasteiger partial charge in [0.05, 0.1) is 0 Å². The molecule has 0 aromatic heterocycles. The lowest BCUT2D eigenvalue weighted by molar-refractivity contribution is -0.140. The predicted molar refractivity (Wildman–Crippen MR) is 73.6 cm³/mol. The molecule has 18 heavy (non-hydrogen) atoms. The topological polar surface area (TPSA) is 49.3 Å². The van der Waals surface area contributed by atoms with E-state index in [0.717, 1.165) is 5.56 Å². The predicted octanol–water partition coefficient (Wildman–Crippen LogP) is 2.89. The van der Waals surface area contributed by atoms with Gasteiger partial charge in [-0.2, -0.15) is 0 Å². The molecule has 3 nitrogen and oxygen atoms in total. The summed E-state index contributed by atoms with van der Waals surface area (Å²) in [7, 11) is 0. The molecule has 2 N–H and O–H groups in total. The van der Waals surface area contributed by atoms with Crippen LogP contribution in [0.25, 0.3) is 0 Å². The van der Waals surface area contributed by atoms with Gasteiger partial charge in [-0.25, -0.2) is 0 Å². The standard InChI is InChI=1S/C15H23NO2/c1-10(2)7-14(15(17)18)16-9-13-6-5-11(3)8-12(13)4/h5-6,8,10,14,16H,7,9H2,1-4H3,(H,17,18)/t14-/m1/s1. The second-order valence-corrected chi connectivity index (χ2v) is 5.33. The number of hydrogen-bond donors (Lipinski definition) is 2. The van der Waals surface area contributed by atoms with Gasteiger partial charge in [0, 0.05) is 6.54 Å². The lowest BCUT2D eigenvalue weighted by Crippen LogP contribution is -2.37.